The zero-order valence-corrected chi connectivity index (χ0v) is 10.9. The third-order valence-electron chi connectivity index (χ3n) is 2.98. The highest BCUT2D eigenvalue weighted by Crippen LogP contribution is 2.26. The monoisotopic (exact) mass is 267 g/mol. The number of pyridine rings is 1. The molecule has 100 valence electrons. The van der Waals surface area contributed by atoms with Crippen LogP contribution >= 0.6 is 0 Å². The van der Waals surface area contributed by atoms with Gasteiger partial charge in [0.25, 0.3) is 5.89 Å². The molecule has 0 atom stereocenters. The standard InChI is InChI=1S/C15H13N3O2/c1-10-2-4-11(5-3-10)8-14-17-15(20-18-14)12-6-7-16-9-13(12)19/h2-7,9,19H,8H2,1H3. The van der Waals surface area contributed by atoms with Gasteiger partial charge in [0, 0.05) is 12.6 Å². The fourth-order valence-corrected chi connectivity index (χ4v) is 1.89. The summed E-state index contributed by atoms with van der Waals surface area (Å²) in [5.74, 6) is 0.908. The Hall–Kier alpha value is -2.69. The summed E-state index contributed by atoms with van der Waals surface area (Å²) in [6.45, 7) is 2.04. The van der Waals surface area contributed by atoms with Crippen LogP contribution in [0.4, 0.5) is 0 Å². The fourth-order valence-electron chi connectivity index (χ4n) is 1.89. The van der Waals surface area contributed by atoms with Crippen molar-refractivity contribution in [2.45, 2.75) is 13.3 Å². The number of aryl methyl sites for hydroxylation is 1. The van der Waals surface area contributed by atoms with Gasteiger partial charge in [0.1, 0.15) is 5.75 Å². The Kier molecular flexibility index (Phi) is 3.16. The first-order valence-electron chi connectivity index (χ1n) is 6.24. The molecule has 0 saturated heterocycles. The average Bonchev–Trinajstić information content (AvgIpc) is 2.90. The lowest BCUT2D eigenvalue weighted by Gasteiger charge is -1.97. The summed E-state index contributed by atoms with van der Waals surface area (Å²) < 4.78 is 5.18. The minimum Gasteiger partial charge on any atom is -0.505 e. The number of nitrogens with zero attached hydrogens (tertiary/aromatic N) is 3. The van der Waals surface area contributed by atoms with Gasteiger partial charge in [-0.05, 0) is 18.6 Å². The zero-order chi connectivity index (χ0) is 13.9. The highest BCUT2D eigenvalue weighted by molar-refractivity contribution is 5.60. The molecule has 0 bridgehead atoms. The van der Waals surface area contributed by atoms with Gasteiger partial charge in [-0.2, -0.15) is 4.98 Å². The molecule has 0 aliphatic rings. The lowest BCUT2D eigenvalue weighted by molar-refractivity contribution is 0.418. The molecule has 5 heteroatoms. The van der Waals surface area contributed by atoms with Gasteiger partial charge in [-0.15, -0.1) is 0 Å². The van der Waals surface area contributed by atoms with Crippen molar-refractivity contribution in [3.63, 3.8) is 0 Å². The van der Waals surface area contributed by atoms with E-state index in [0.29, 0.717) is 23.7 Å². The van der Waals surface area contributed by atoms with Gasteiger partial charge in [0.2, 0.25) is 0 Å². The molecule has 3 rings (SSSR count). The van der Waals surface area contributed by atoms with Gasteiger partial charge < -0.3 is 9.63 Å². The lowest BCUT2D eigenvalue weighted by Crippen LogP contribution is -1.91. The maximum Gasteiger partial charge on any atom is 0.261 e. The maximum absolute atomic E-state index is 9.70. The van der Waals surface area contributed by atoms with Crippen LogP contribution in [0.5, 0.6) is 5.75 Å². The minimum absolute atomic E-state index is 0.0260. The van der Waals surface area contributed by atoms with Crippen molar-refractivity contribution >= 4 is 0 Å². The molecule has 2 heterocycles. The number of benzene rings is 1. The van der Waals surface area contributed by atoms with Crippen molar-refractivity contribution in [1.29, 1.82) is 0 Å². The number of hydrogen-bond acceptors (Lipinski definition) is 5. The van der Waals surface area contributed by atoms with Crippen LogP contribution in [0.3, 0.4) is 0 Å². The molecule has 0 amide bonds. The van der Waals surface area contributed by atoms with Crippen LogP contribution in [-0.2, 0) is 6.42 Å². The van der Waals surface area contributed by atoms with Gasteiger partial charge in [0.15, 0.2) is 5.82 Å². The van der Waals surface area contributed by atoms with E-state index in [2.05, 4.69) is 15.1 Å². The van der Waals surface area contributed by atoms with Crippen molar-refractivity contribution in [2.75, 3.05) is 0 Å². The fraction of sp³-hybridized carbons (Fsp3) is 0.133. The highest BCUT2D eigenvalue weighted by Gasteiger charge is 2.12. The molecule has 0 unspecified atom stereocenters. The van der Waals surface area contributed by atoms with E-state index in [1.165, 1.54) is 11.8 Å². The van der Waals surface area contributed by atoms with E-state index in [1.807, 2.05) is 31.2 Å². The Morgan fingerprint density at radius 3 is 2.70 bits per heavy atom. The predicted octanol–water partition coefficient (Wildman–Crippen LogP) is 2.74. The van der Waals surface area contributed by atoms with E-state index in [9.17, 15) is 5.11 Å². The Morgan fingerprint density at radius 1 is 1.15 bits per heavy atom. The number of aromatic nitrogens is 3. The van der Waals surface area contributed by atoms with E-state index >= 15 is 0 Å². The summed E-state index contributed by atoms with van der Waals surface area (Å²) in [6.07, 6.45) is 3.51. The summed E-state index contributed by atoms with van der Waals surface area (Å²) >= 11 is 0. The van der Waals surface area contributed by atoms with Gasteiger partial charge in [-0.1, -0.05) is 35.0 Å². The zero-order valence-electron chi connectivity index (χ0n) is 10.9. The van der Waals surface area contributed by atoms with Crippen molar-refractivity contribution in [1.82, 2.24) is 15.1 Å². The van der Waals surface area contributed by atoms with Crippen molar-refractivity contribution in [2.24, 2.45) is 0 Å². The number of rotatable bonds is 3. The second-order valence-electron chi connectivity index (χ2n) is 4.57. The normalized spacial score (nSPS) is 10.7. The van der Waals surface area contributed by atoms with Crippen LogP contribution in [0, 0.1) is 6.92 Å². The van der Waals surface area contributed by atoms with Crippen LogP contribution in [0.15, 0.2) is 47.2 Å². The number of hydrogen-bond donors (Lipinski definition) is 1. The molecule has 1 aromatic carbocycles. The maximum atomic E-state index is 9.70. The van der Waals surface area contributed by atoms with E-state index < -0.39 is 0 Å². The quantitative estimate of drug-likeness (QED) is 0.790. The molecule has 1 N–H and O–H groups in total. The highest BCUT2D eigenvalue weighted by atomic mass is 16.5. The van der Waals surface area contributed by atoms with Gasteiger partial charge >= 0.3 is 0 Å². The van der Waals surface area contributed by atoms with Crippen molar-refractivity contribution in [3.8, 4) is 17.2 Å². The summed E-state index contributed by atoms with van der Waals surface area (Å²) in [6, 6.07) is 9.80. The first-order valence-corrected chi connectivity index (χ1v) is 6.24. The van der Waals surface area contributed by atoms with Gasteiger partial charge in [-0.3, -0.25) is 4.98 Å². The molecular formula is C15H13N3O2. The SMILES string of the molecule is Cc1ccc(Cc2noc(-c3ccncc3O)n2)cc1. The van der Waals surface area contributed by atoms with Crippen LogP contribution in [-0.4, -0.2) is 20.2 Å². The summed E-state index contributed by atoms with van der Waals surface area (Å²) in [7, 11) is 0. The van der Waals surface area contributed by atoms with Crippen LogP contribution in [0.25, 0.3) is 11.5 Å². The topological polar surface area (TPSA) is 72.0 Å². The second-order valence-corrected chi connectivity index (χ2v) is 4.57. The van der Waals surface area contributed by atoms with Gasteiger partial charge in [0.05, 0.1) is 11.8 Å². The Balaban J connectivity index is 1.84. The molecule has 0 spiro atoms. The smallest absolute Gasteiger partial charge is 0.261 e. The second kappa shape index (κ2) is 5.13. The Labute approximate surface area is 115 Å². The van der Waals surface area contributed by atoms with Crippen molar-refractivity contribution < 1.29 is 9.63 Å². The van der Waals surface area contributed by atoms with Gasteiger partial charge in [-0.25, -0.2) is 0 Å². The Morgan fingerprint density at radius 2 is 1.95 bits per heavy atom. The minimum atomic E-state index is 0.0260. The molecule has 0 saturated carbocycles. The summed E-state index contributed by atoms with van der Waals surface area (Å²) in [5.41, 5.74) is 2.81. The molecule has 3 aromatic rings. The first kappa shape index (κ1) is 12.3. The Bertz CT molecular complexity index is 720. The van der Waals surface area contributed by atoms with Crippen LogP contribution < -0.4 is 0 Å². The van der Waals surface area contributed by atoms with Crippen molar-refractivity contribution in [3.05, 3.63) is 59.7 Å². The molecule has 0 radical (unpaired) electrons. The third kappa shape index (κ3) is 2.51. The molecule has 0 fully saturated rings. The number of aromatic hydroxyl groups is 1. The van der Waals surface area contributed by atoms with E-state index in [0.717, 1.165) is 5.56 Å². The predicted molar refractivity (Wildman–Crippen MR) is 73.2 cm³/mol. The summed E-state index contributed by atoms with van der Waals surface area (Å²) in [5, 5.41) is 13.6. The summed E-state index contributed by atoms with van der Waals surface area (Å²) in [4.78, 5) is 8.11. The molecular weight excluding hydrogens is 254 g/mol. The van der Waals surface area contributed by atoms with E-state index in [-0.39, 0.29) is 5.75 Å². The van der Waals surface area contributed by atoms with E-state index in [4.69, 9.17) is 4.52 Å². The average molecular weight is 267 g/mol. The molecule has 0 aliphatic carbocycles. The van der Waals surface area contributed by atoms with E-state index in [1.54, 1.807) is 12.3 Å². The molecule has 5 nitrogen and oxygen atoms in total. The van der Waals surface area contributed by atoms with Crippen LogP contribution in [0.2, 0.25) is 0 Å². The first-order chi connectivity index (χ1) is 9.72. The largest absolute Gasteiger partial charge is 0.505 e. The van der Waals surface area contributed by atoms with Crippen LogP contribution in [0.1, 0.15) is 17.0 Å². The molecule has 20 heavy (non-hydrogen) atoms. The molecule has 0 aliphatic heterocycles. The third-order valence-corrected chi connectivity index (χ3v) is 2.98. The lowest BCUT2D eigenvalue weighted by atomic mass is 10.1. The molecule has 2 aromatic heterocycles.